The van der Waals surface area contributed by atoms with E-state index in [0.29, 0.717) is 9.80 Å². The number of β-lactam (4-membered cyclic amide) rings is 1. The Morgan fingerprint density at radius 2 is 1.30 bits per heavy atom. The van der Waals surface area contributed by atoms with E-state index < -0.39 is 106 Å². The van der Waals surface area contributed by atoms with Crippen LogP contribution in [0.15, 0.2) is 76.2 Å². The first kappa shape index (κ1) is 57.0. The third-order valence-corrected chi connectivity index (χ3v) is 17.6. The number of tetrazole rings is 1. The van der Waals surface area contributed by atoms with Gasteiger partial charge in [0.05, 0.1) is 0 Å². The number of benzene rings is 2. The fourth-order valence-electron chi connectivity index (χ4n) is 9.47. The number of carboxylic acids is 1. The summed E-state index contributed by atoms with van der Waals surface area (Å²) in [7, 11) is 1.56. The lowest BCUT2D eigenvalue weighted by molar-refractivity contribution is -0.153. The van der Waals surface area contributed by atoms with Crippen LogP contribution < -0.4 is 21.3 Å². The van der Waals surface area contributed by atoms with Crippen molar-refractivity contribution in [2.75, 3.05) is 63.1 Å². The number of carbonyl (C=O) groups is 12. The molecule has 3 fully saturated rings. The molecule has 0 unspecified atom stereocenters. The Morgan fingerprint density at radius 3 is 1.81 bits per heavy atom. The van der Waals surface area contributed by atoms with E-state index in [1.54, 1.807) is 20.9 Å². The number of aryl methyl sites for hydroxylation is 1. The first-order valence-electron chi connectivity index (χ1n) is 24.8. The molecule has 81 heavy (non-hydrogen) atoms. The molecule has 0 spiro atoms. The van der Waals surface area contributed by atoms with E-state index in [1.807, 2.05) is 0 Å². The van der Waals surface area contributed by atoms with Gasteiger partial charge in [0, 0.05) is 69.1 Å². The minimum atomic E-state index is -2.13. The molecule has 33 heteroatoms. The fraction of sp³-hybridized carbons (Fsp3) is 0.396. The first-order valence-corrected chi connectivity index (χ1v) is 27.9. The Balaban J connectivity index is 1.02. The molecule has 6 aliphatic rings. The summed E-state index contributed by atoms with van der Waals surface area (Å²) in [5.41, 5.74) is -0.147. The van der Waals surface area contributed by atoms with Crippen LogP contribution >= 0.6 is 35.3 Å². The standard InChI is InChI=1S/C48H50N14O16S3/c1-4-57-14-16-59(40(71)38(57)69)46(76)51-28(22-6-10-26(63)11-7-22)34(65)49-30-36(67)61-32(25(20-80-42(30)61)21-81-48-53-54-55-56(48)3)37(68)62-33-24(18-78-45(33)75)19-79-43(62)31(44(73)74)50-35(66)29(23-8-12-27(64)13-9-23)52-47(77)60-17-15-58(5-2)39(70)41(60)72/h6-13,28-31,42-43,63-64H,4-5,14-21H2,1-3H3,(H,49,65)(H,50,66)(H,51,76)(H,52,77)(H,73,74)/t28-,29-,30-,31+,42-,43-/m1/s1. The average molecular weight is 1180 g/mol. The quantitative estimate of drug-likeness (QED) is 0.0351. The van der Waals surface area contributed by atoms with E-state index in [4.69, 9.17) is 4.74 Å². The summed E-state index contributed by atoms with van der Waals surface area (Å²) in [5, 5.41) is 50.0. The molecule has 2 aromatic carbocycles. The van der Waals surface area contributed by atoms with Crippen molar-refractivity contribution in [3.8, 4) is 11.5 Å². The molecule has 0 radical (unpaired) electrons. The number of hydrogen-bond acceptors (Lipinski definition) is 21. The van der Waals surface area contributed by atoms with Crippen molar-refractivity contribution < 1.29 is 77.6 Å². The number of aromatic nitrogens is 4. The number of phenols is 2. The minimum absolute atomic E-state index is 0.0197. The lowest BCUT2D eigenvalue weighted by Crippen LogP contribution is -2.72. The Hall–Kier alpha value is -8.72. The number of nitrogens with one attached hydrogen (secondary N) is 4. The van der Waals surface area contributed by atoms with Crippen LogP contribution in [0.4, 0.5) is 9.59 Å². The van der Waals surface area contributed by atoms with Crippen molar-refractivity contribution in [1.82, 2.24) is 70.9 Å². The van der Waals surface area contributed by atoms with Crippen LogP contribution in [-0.4, -0.2) is 222 Å². The molecular formula is C48H50N14O16S3. The molecule has 0 saturated carbocycles. The number of piperazine rings is 2. The zero-order chi connectivity index (χ0) is 58.1. The van der Waals surface area contributed by atoms with Gasteiger partial charge >= 0.3 is 47.6 Å². The number of urea groups is 2. The van der Waals surface area contributed by atoms with Crippen molar-refractivity contribution in [3.63, 3.8) is 0 Å². The monoisotopic (exact) mass is 1170 g/mol. The summed E-state index contributed by atoms with van der Waals surface area (Å²) in [6.45, 7) is 2.92. The number of hydrogen-bond donors (Lipinski definition) is 7. The molecule has 1 aromatic heterocycles. The second kappa shape index (κ2) is 23.5. The smallest absolute Gasteiger partial charge is 0.355 e. The molecule has 12 amide bonds. The Kier molecular flexibility index (Phi) is 16.6. The van der Waals surface area contributed by atoms with Crippen LogP contribution in [0.25, 0.3) is 0 Å². The second-order valence-corrected chi connectivity index (χ2v) is 21.7. The van der Waals surface area contributed by atoms with Crippen LogP contribution in [-0.2, 0) is 59.7 Å². The Morgan fingerprint density at radius 1 is 0.741 bits per heavy atom. The van der Waals surface area contributed by atoms with Gasteiger partial charge in [-0.3, -0.25) is 58.0 Å². The van der Waals surface area contributed by atoms with Crippen LogP contribution in [0, 0.1) is 0 Å². The van der Waals surface area contributed by atoms with Gasteiger partial charge < -0.3 is 51.1 Å². The van der Waals surface area contributed by atoms with Crippen LogP contribution in [0.2, 0.25) is 0 Å². The molecule has 0 bridgehead atoms. The lowest BCUT2D eigenvalue weighted by atomic mass is 10.00. The van der Waals surface area contributed by atoms with Gasteiger partial charge in [-0.05, 0) is 65.2 Å². The number of nitrogens with zero attached hydrogens (tertiary/aromatic N) is 10. The number of fused-ring (bicyclic) bond motifs is 1. The van der Waals surface area contributed by atoms with Gasteiger partial charge in [0.25, 0.3) is 11.8 Å². The Labute approximate surface area is 470 Å². The predicted molar refractivity (Wildman–Crippen MR) is 279 cm³/mol. The van der Waals surface area contributed by atoms with Crippen molar-refractivity contribution >= 4 is 107 Å². The number of ether oxygens (including phenoxy) is 1. The highest BCUT2D eigenvalue weighted by molar-refractivity contribution is 8.01. The number of thioether (sulfide) groups is 3. The molecule has 9 rings (SSSR count). The summed E-state index contributed by atoms with van der Waals surface area (Å²) in [5.74, 6) is -11.9. The van der Waals surface area contributed by atoms with Crippen molar-refractivity contribution in [1.29, 1.82) is 0 Å². The number of cyclic esters (lactones) is 1. The van der Waals surface area contributed by atoms with E-state index >= 15 is 4.79 Å². The van der Waals surface area contributed by atoms with Gasteiger partial charge in [-0.2, -0.15) is 0 Å². The SMILES string of the molecule is CCN1CCN(C(=O)N[C@@H](C(=O)N[C@H](C(=O)O)[C@H]2SCC3=C(C(=O)OC3)N2C(=O)C2=C(CSc3nnnn3C)CS[C@@H]3[C@H](NC(=O)[C@H](NC(=O)N4CCN(CC)C(=O)C4=O)c4ccc(O)cc4)C(=O)N23)c2ccc(O)cc2)C(=O)C1=O. The van der Waals surface area contributed by atoms with Gasteiger partial charge in [-0.15, -0.1) is 28.6 Å². The maximum Gasteiger partial charge on any atom is 0.355 e. The van der Waals surface area contributed by atoms with Crippen LogP contribution in [0.1, 0.15) is 37.1 Å². The summed E-state index contributed by atoms with van der Waals surface area (Å²) >= 11 is 2.99. The predicted octanol–water partition coefficient (Wildman–Crippen LogP) is -2.07. The number of aliphatic carboxylic acids is 1. The van der Waals surface area contributed by atoms with Gasteiger partial charge in [-0.25, -0.2) is 23.9 Å². The maximum atomic E-state index is 15.7. The topological polar surface area (TPSA) is 386 Å². The number of carbonyl (C=O) groups excluding carboxylic acids is 11. The molecule has 426 valence electrons. The van der Waals surface area contributed by atoms with Crippen molar-refractivity contribution in [2.45, 2.75) is 53.9 Å². The summed E-state index contributed by atoms with van der Waals surface area (Å²) in [4.78, 5) is 171. The number of amides is 12. The normalized spacial score (nSPS) is 21.2. The minimum Gasteiger partial charge on any atom is -0.508 e. The highest BCUT2D eigenvalue weighted by Gasteiger charge is 2.57. The van der Waals surface area contributed by atoms with Gasteiger partial charge in [0.1, 0.15) is 58.4 Å². The number of carboxylic acid groups (broad SMARTS) is 1. The number of likely N-dealkylation sites (N-methyl/N-ethyl adjacent to an activating group) is 2. The third kappa shape index (κ3) is 11.1. The van der Waals surface area contributed by atoms with Gasteiger partial charge in [-0.1, -0.05) is 36.0 Å². The number of phenolic OH excluding ortho intramolecular Hbond substituents is 2. The third-order valence-electron chi connectivity index (χ3n) is 13.8. The van der Waals surface area contributed by atoms with Crippen LogP contribution in [0.3, 0.4) is 0 Å². The molecule has 6 aliphatic heterocycles. The number of rotatable bonds is 16. The highest BCUT2D eigenvalue weighted by atomic mass is 32.2. The van der Waals surface area contributed by atoms with Gasteiger partial charge in [0.2, 0.25) is 17.0 Å². The Bertz CT molecular complexity index is 3230. The molecule has 3 aromatic rings. The van der Waals surface area contributed by atoms with Crippen molar-refractivity contribution in [2.24, 2.45) is 7.05 Å². The zero-order valence-corrected chi connectivity index (χ0v) is 45.4. The number of esters is 1. The average Bonchev–Trinajstić information content (AvgIpc) is 4.23. The van der Waals surface area contributed by atoms with E-state index in [2.05, 4.69) is 36.8 Å². The fourth-order valence-corrected chi connectivity index (χ4v) is 13.1. The lowest BCUT2D eigenvalue weighted by Gasteiger charge is -2.51. The summed E-state index contributed by atoms with van der Waals surface area (Å²) < 4.78 is 6.71. The van der Waals surface area contributed by atoms with E-state index in [1.165, 1.54) is 63.0 Å². The zero-order valence-electron chi connectivity index (χ0n) is 43.0. The maximum absolute atomic E-state index is 15.7. The second-order valence-electron chi connectivity index (χ2n) is 18.6. The van der Waals surface area contributed by atoms with Crippen molar-refractivity contribution in [3.05, 3.63) is 82.2 Å². The molecule has 30 nitrogen and oxygen atoms in total. The first-order chi connectivity index (χ1) is 38.7. The molecule has 6 atom stereocenters. The van der Waals surface area contributed by atoms with E-state index in [9.17, 15) is 68.1 Å². The molecule has 3 saturated heterocycles. The van der Waals surface area contributed by atoms with E-state index in [-0.39, 0.29) is 113 Å². The largest absolute Gasteiger partial charge is 0.508 e. The molecule has 7 N–H and O–H groups in total. The summed E-state index contributed by atoms with van der Waals surface area (Å²) in [6.07, 6.45) is 0. The highest BCUT2D eigenvalue weighted by Crippen LogP contribution is 2.45. The number of imide groups is 2. The molecule has 7 heterocycles. The van der Waals surface area contributed by atoms with Crippen LogP contribution in [0.5, 0.6) is 11.5 Å². The molecule has 0 aliphatic carbocycles. The number of aromatic hydroxyl groups is 2. The molecular weight excluding hydrogens is 1120 g/mol. The van der Waals surface area contributed by atoms with E-state index in [0.717, 1.165) is 45.1 Å². The summed E-state index contributed by atoms with van der Waals surface area (Å²) in [6, 6.07) is 0.582. The van der Waals surface area contributed by atoms with Gasteiger partial charge in [0.15, 0.2) is 6.04 Å².